The highest BCUT2D eigenvalue weighted by Gasteiger charge is 2.21. The molecule has 0 spiro atoms. The van der Waals surface area contributed by atoms with Crippen LogP contribution in [0, 0.1) is 5.82 Å². The first-order chi connectivity index (χ1) is 6.33. The second-order valence-corrected chi connectivity index (χ2v) is 2.74. The Bertz CT molecular complexity index is 325. The largest absolute Gasteiger partial charge is 0.453 e. The number of rotatable bonds is 2. The van der Waals surface area contributed by atoms with Crippen LogP contribution < -0.4 is 9.47 Å². The molecule has 70 valence electrons. The van der Waals surface area contributed by atoms with E-state index in [1.165, 1.54) is 6.07 Å². The van der Waals surface area contributed by atoms with E-state index < -0.39 is 5.82 Å². The van der Waals surface area contributed by atoms with E-state index in [1.807, 2.05) is 0 Å². The van der Waals surface area contributed by atoms with Crippen molar-refractivity contribution in [2.24, 2.45) is 0 Å². The van der Waals surface area contributed by atoms with Crippen LogP contribution in [0.1, 0.15) is 5.56 Å². The quantitative estimate of drug-likeness (QED) is 0.747. The average Bonchev–Trinajstić information content (AvgIpc) is 2.59. The summed E-state index contributed by atoms with van der Waals surface area (Å²) in [6.07, 6.45) is 0.450. The smallest absolute Gasteiger partial charge is 0.231 e. The summed E-state index contributed by atoms with van der Waals surface area (Å²) in [6, 6.07) is 2.91. The van der Waals surface area contributed by atoms with Crippen LogP contribution in [0.15, 0.2) is 12.1 Å². The van der Waals surface area contributed by atoms with Crippen molar-refractivity contribution in [2.75, 3.05) is 13.4 Å². The molecule has 0 saturated carbocycles. The third kappa shape index (κ3) is 1.33. The van der Waals surface area contributed by atoms with Gasteiger partial charge in [0.2, 0.25) is 12.5 Å². The molecule has 1 aromatic rings. The summed E-state index contributed by atoms with van der Waals surface area (Å²) in [7, 11) is 0. The number of ether oxygens (including phenoxy) is 2. The van der Waals surface area contributed by atoms with Gasteiger partial charge in [-0.15, -0.1) is 0 Å². The van der Waals surface area contributed by atoms with Gasteiger partial charge in [0.05, 0.1) is 0 Å². The Balaban J connectivity index is 2.43. The van der Waals surface area contributed by atoms with Gasteiger partial charge < -0.3 is 14.6 Å². The molecule has 2 rings (SSSR count). The average molecular weight is 184 g/mol. The predicted molar refractivity (Wildman–Crippen MR) is 43.3 cm³/mol. The summed E-state index contributed by atoms with van der Waals surface area (Å²) >= 11 is 0. The summed E-state index contributed by atoms with van der Waals surface area (Å²) in [5.41, 5.74) is 0.774. The number of hydrogen-bond donors (Lipinski definition) is 1. The molecule has 0 radical (unpaired) electrons. The second-order valence-electron chi connectivity index (χ2n) is 2.74. The van der Waals surface area contributed by atoms with Crippen LogP contribution in [0.2, 0.25) is 0 Å². The van der Waals surface area contributed by atoms with Crippen LogP contribution in [0.4, 0.5) is 4.39 Å². The topological polar surface area (TPSA) is 38.7 Å². The Morgan fingerprint density at radius 2 is 2.08 bits per heavy atom. The Morgan fingerprint density at radius 3 is 2.85 bits per heavy atom. The van der Waals surface area contributed by atoms with Gasteiger partial charge in [0, 0.05) is 12.2 Å². The van der Waals surface area contributed by atoms with Crippen molar-refractivity contribution < 1.29 is 19.0 Å². The number of halogens is 1. The van der Waals surface area contributed by atoms with Gasteiger partial charge in [0.25, 0.3) is 0 Å². The van der Waals surface area contributed by atoms with E-state index >= 15 is 0 Å². The fourth-order valence-electron chi connectivity index (χ4n) is 1.34. The van der Waals surface area contributed by atoms with Gasteiger partial charge in [-0.2, -0.15) is 0 Å². The van der Waals surface area contributed by atoms with E-state index in [9.17, 15) is 4.39 Å². The molecular weight excluding hydrogens is 175 g/mol. The lowest BCUT2D eigenvalue weighted by atomic mass is 10.1. The van der Waals surface area contributed by atoms with Crippen molar-refractivity contribution in [1.82, 2.24) is 0 Å². The minimum Gasteiger partial charge on any atom is -0.453 e. The Hall–Kier alpha value is -1.29. The molecule has 1 aromatic carbocycles. The minimum atomic E-state index is -0.422. The van der Waals surface area contributed by atoms with Gasteiger partial charge in [0.15, 0.2) is 11.6 Å². The SMILES string of the molecule is OCCc1ccc(F)c2c1OCO2. The number of aliphatic hydroxyl groups excluding tert-OH is 1. The highest BCUT2D eigenvalue weighted by atomic mass is 19.1. The van der Waals surface area contributed by atoms with Gasteiger partial charge >= 0.3 is 0 Å². The van der Waals surface area contributed by atoms with E-state index in [1.54, 1.807) is 6.07 Å². The lowest BCUT2D eigenvalue weighted by Crippen LogP contribution is -1.95. The van der Waals surface area contributed by atoms with Crippen LogP contribution in [0.25, 0.3) is 0 Å². The van der Waals surface area contributed by atoms with Crippen molar-refractivity contribution >= 4 is 0 Å². The van der Waals surface area contributed by atoms with Gasteiger partial charge in [-0.25, -0.2) is 4.39 Å². The van der Waals surface area contributed by atoms with Gasteiger partial charge in [-0.3, -0.25) is 0 Å². The number of benzene rings is 1. The molecule has 4 heteroatoms. The first-order valence-corrected chi connectivity index (χ1v) is 4.01. The monoisotopic (exact) mass is 184 g/mol. The summed E-state index contributed by atoms with van der Waals surface area (Å²) in [5.74, 6) is 0.161. The molecule has 0 saturated heterocycles. The molecule has 3 nitrogen and oxygen atoms in total. The summed E-state index contributed by atoms with van der Waals surface area (Å²) in [4.78, 5) is 0. The zero-order chi connectivity index (χ0) is 9.26. The molecule has 1 heterocycles. The Labute approximate surface area is 74.7 Å². The molecule has 1 aliphatic rings. The summed E-state index contributed by atoms with van der Waals surface area (Å²) < 4.78 is 23.1. The van der Waals surface area contributed by atoms with E-state index in [2.05, 4.69) is 0 Å². The zero-order valence-corrected chi connectivity index (χ0v) is 6.92. The van der Waals surface area contributed by atoms with Crippen molar-refractivity contribution in [2.45, 2.75) is 6.42 Å². The predicted octanol–water partition coefficient (Wildman–Crippen LogP) is 1.09. The molecule has 0 unspecified atom stereocenters. The van der Waals surface area contributed by atoms with Gasteiger partial charge in [0.1, 0.15) is 0 Å². The van der Waals surface area contributed by atoms with E-state index in [-0.39, 0.29) is 19.1 Å². The molecular formula is C9H9FO3. The molecule has 0 bridgehead atoms. The standard InChI is InChI=1S/C9H9FO3/c10-7-2-1-6(3-4-11)8-9(7)13-5-12-8/h1-2,11H,3-5H2. The van der Waals surface area contributed by atoms with E-state index in [0.29, 0.717) is 12.2 Å². The minimum absolute atomic E-state index is 0.0153. The van der Waals surface area contributed by atoms with Crippen LogP contribution in [-0.2, 0) is 6.42 Å². The van der Waals surface area contributed by atoms with E-state index in [0.717, 1.165) is 5.56 Å². The first kappa shape index (κ1) is 8.31. The maximum Gasteiger partial charge on any atom is 0.231 e. The van der Waals surface area contributed by atoms with Crippen LogP contribution in [0.5, 0.6) is 11.5 Å². The third-order valence-electron chi connectivity index (χ3n) is 1.93. The van der Waals surface area contributed by atoms with Crippen molar-refractivity contribution in [3.05, 3.63) is 23.5 Å². The molecule has 1 N–H and O–H groups in total. The number of fused-ring (bicyclic) bond motifs is 1. The maximum absolute atomic E-state index is 13.0. The molecule has 1 aliphatic heterocycles. The lowest BCUT2D eigenvalue weighted by Gasteiger charge is -2.03. The number of aliphatic hydroxyl groups is 1. The van der Waals surface area contributed by atoms with Crippen LogP contribution >= 0.6 is 0 Å². The molecule has 13 heavy (non-hydrogen) atoms. The lowest BCUT2D eigenvalue weighted by molar-refractivity contribution is 0.170. The highest BCUT2D eigenvalue weighted by molar-refractivity contribution is 5.49. The first-order valence-electron chi connectivity index (χ1n) is 4.01. The third-order valence-corrected chi connectivity index (χ3v) is 1.93. The fourth-order valence-corrected chi connectivity index (χ4v) is 1.34. The summed E-state index contributed by atoms with van der Waals surface area (Å²) in [6.45, 7) is 0.0656. The highest BCUT2D eigenvalue weighted by Crippen LogP contribution is 2.37. The second kappa shape index (κ2) is 3.22. The van der Waals surface area contributed by atoms with Crippen LogP contribution in [0.3, 0.4) is 0 Å². The molecule has 0 amide bonds. The van der Waals surface area contributed by atoms with Gasteiger partial charge in [-0.05, 0) is 12.5 Å². The summed E-state index contributed by atoms with van der Waals surface area (Å²) in [5, 5.41) is 8.73. The normalized spacial score (nSPS) is 13.4. The van der Waals surface area contributed by atoms with Crippen molar-refractivity contribution in [1.29, 1.82) is 0 Å². The molecule has 0 atom stereocenters. The maximum atomic E-state index is 13.0. The van der Waals surface area contributed by atoms with Gasteiger partial charge in [-0.1, -0.05) is 6.07 Å². The zero-order valence-electron chi connectivity index (χ0n) is 6.92. The Kier molecular flexibility index (Phi) is 2.06. The Morgan fingerprint density at radius 1 is 1.31 bits per heavy atom. The van der Waals surface area contributed by atoms with Crippen molar-refractivity contribution in [3.63, 3.8) is 0 Å². The molecule has 0 aromatic heterocycles. The van der Waals surface area contributed by atoms with E-state index in [4.69, 9.17) is 14.6 Å². The van der Waals surface area contributed by atoms with Crippen LogP contribution in [-0.4, -0.2) is 18.5 Å². The number of hydrogen-bond acceptors (Lipinski definition) is 3. The fraction of sp³-hybridized carbons (Fsp3) is 0.333. The molecule has 0 aliphatic carbocycles. The molecule has 0 fully saturated rings. The van der Waals surface area contributed by atoms with Crippen molar-refractivity contribution in [3.8, 4) is 11.5 Å².